The molecule has 1 N–H and O–H groups in total. The van der Waals surface area contributed by atoms with E-state index in [1.807, 2.05) is 17.7 Å². The monoisotopic (exact) mass is 285 g/mol. The lowest BCUT2D eigenvalue weighted by Crippen LogP contribution is -2.25. The average molecular weight is 285 g/mol. The van der Waals surface area contributed by atoms with Crippen LogP contribution in [0.25, 0.3) is 5.69 Å². The summed E-state index contributed by atoms with van der Waals surface area (Å²) < 4.78 is 1.84. The van der Waals surface area contributed by atoms with E-state index in [1.54, 1.807) is 6.07 Å². The van der Waals surface area contributed by atoms with Crippen LogP contribution in [0.15, 0.2) is 29.1 Å². The van der Waals surface area contributed by atoms with E-state index in [2.05, 4.69) is 43.3 Å². The minimum atomic E-state index is -0.00353. The van der Waals surface area contributed by atoms with Crippen LogP contribution in [0.4, 0.5) is 0 Å². The molecule has 0 fully saturated rings. The fourth-order valence-corrected chi connectivity index (χ4v) is 2.21. The normalized spacial score (nSPS) is 10.9. The standard InChI is InChI=1S/C17H23N3O/c1-5-8-18-11-16-17(21)10-14(4)20(19-16)15-7-6-12(2)13(3)9-15/h6-7,9-10,18H,5,8,11H2,1-4H3. The highest BCUT2D eigenvalue weighted by atomic mass is 16.1. The van der Waals surface area contributed by atoms with Gasteiger partial charge in [-0.05, 0) is 57.0 Å². The van der Waals surface area contributed by atoms with Crippen molar-refractivity contribution in [1.82, 2.24) is 15.1 Å². The maximum absolute atomic E-state index is 12.0. The van der Waals surface area contributed by atoms with Crippen LogP contribution in [0.5, 0.6) is 0 Å². The van der Waals surface area contributed by atoms with Gasteiger partial charge in [-0.25, -0.2) is 4.68 Å². The van der Waals surface area contributed by atoms with E-state index in [4.69, 9.17) is 0 Å². The highest BCUT2D eigenvalue weighted by Gasteiger charge is 2.08. The molecule has 1 aromatic carbocycles. The Balaban J connectivity index is 2.40. The van der Waals surface area contributed by atoms with Gasteiger partial charge in [-0.2, -0.15) is 5.10 Å². The number of hydrogen-bond donors (Lipinski definition) is 1. The van der Waals surface area contributed by atoms with Gasteiger partial charge in [0.05, 0.1) is 5.69 Å². The van der Waals surface area contributed by atoms with Gasteiger partial charge in [-0.15, -0.1) is 0 Å². The Hall–Kier alpha value is -1.94. The Bertz CT molecular complexity index is 689. The van der Waals surface area contributed by atoms with Gasteiger partial charge in [0.1, 0.15) is 5.69 Å². The zero-order chi connectivity index (χ0) is 15.4. The van der Waals surface area contributed by atoms with Crippen molar-refractivity contribution in [2.45, 2.75) is 40.7 Å². The lowest BCUT2D eigenvalue weighted by Gasteiger charge is -2.13. The zero-order valence-electron chi connectivity index (χ0n) is 13.2. The molecular weight excluding hydrogens is 262 g/mol. The molecular formula is C17H23N3O. The summed E-state index contributed by atoms with van der Waals surface area (Å²) >= 11 is 0. The molecule has 0 saturated carbocycles. The first-order chi connectivity index (χ1) is 10.0. The number of aryl methyl sites for hydroxylation is 3. The molecule has 0 unspecified atom stereocenters. The minimum absolute atomic E-state index is 0.00353. The van der Waals surface area contributed by atoms with Crippen LogP contribution >= 0.6 is 0 Å². The molecule has 1 aromatic heterocycles. The maximum atomic E-state index is 12.0. The van der Waals surface area contributed by atoms with Crippen LogP contribution in [0.1, 0.15) is 35.9 Å². The first-order valence-electron chi connectivity index (χ1n) is 7.41. The van der Waals surface area contributed by atoms with Gasteiger partial charge in [0.2, 0.25) is 5.43 Å². The molecule has 0 bridgehead atoms. The summed E-state index contributed by atoms with van der Waals surface area (Å²) in [6.45, 7) is 9.58. The van der Waals surface area contributed by atoms with Crippen LogP contribution in [-0.4, -0.2) is 16.3 Å². The lowest BCUT2D eigenvalue weighted by atomic mass is 10.1. The van der Waals surface area contributed by atoms with E-state index >= 15 is 0 Å². The highest BCUT2D eigenvalue weighted by Crippen LogP contribution is 2.14. The molecule has 0 radical (unpaired) electrons. The van der Waals surface area contributed by atoms with E-state index < -0.39 is 0 Å². The summed E-state index contributed by atoms with van der Waals surface area (Å²) in [6.07, 6.45) is 1.04. The largest absolute Gasteiger partial charge is 0.311 e. The van der Waals surface area contributed by atoms with Crippen LogP contribution in [0.3, 0.4) is 0 Å². The second-order valence-corrected chi connectivity index (χ2v) is 5.45. The third-order valence-corrected chi connectivity index (χ3v) is 3.63. The number of aromatic nitrogens is 2. The Morgan fingerprint density at radius 1 is 1.14 bits per heavy atom. The summed E-state index contributed by atoms with van der Waals surface area (Å²) in [4.78, 5) is 12.0. The number of nitrogens with one attached hydrogen (secondary N) is 1. The Morgan fingerprint density at radius 2 is 1.90 bits per heavy atom. The molecule has 0 atom stereocenters. The molecule has 21 heavy (non-hydrogen) atoms. The van der Waals surface area contributed by atoms with Crippen molar-refractivity contribution in [3.8, 4) is 5.69 Å². The van der Waals surface area contributed by atoms with E-state index in [-0.39, 0.29) is 5.43 Å². The second kappa shape index (κ2) is 6.68. The quantitative estimate of drug-likeness (QED) is 0.859. The Labute approximate surface area is 125 Å². The van der Waals surface area contributed by atoms with Crippen molar-refractivity contribution in [2.24, 2.45) is 0 Å². The molecule has 0 aliphatic carbocycles. The third-order valence-electron chi connectivity index (χ3n) is 3.63. The van der Waals surface area contributed by atoms with Crippen molar-refractivity contribution in [1.29, 1.82) is 0 Å². The summed E-state index contributed by atoms with van der Waals surface area (Å²) in [5.41, 5.74) is 4.87. The molecule has 0 saturated heterocycles. The molecule has 112 valence electrons. The predicted molar refractivity (Wildman–Crippen MR) is 86.0 cm³/mol. The van der Waals surface area contributed by atoms with E-state index in [1.165, 1.54) is 11.1 Å². The number of rotatable bonds is 5. The Kier molecular flexibility index (Phi) is 4.91. The molecule has 0 amide bonds. The van der Waals surface area contributed by atoms with E-state index in [0.717, 1.165) is 24.3 Å². The van der Waals surface area contributed by atoms with Gasteiger partial charge in [0.25, 0.3) is 0 Å². The molecule has 4 nitrogen and oxygen atoms in total. The van der Waals surface area contributed by atoms with E-state index in [0.29, 0.717) is 12.2 Å². The first-order valence-corrected chi connectivity index (χ1v) is 7.41. The topological polar surface area (TPSA) is 46.9 Å². The fourth-order valence-electron chi connectivity index (χ4n) is 2.21. The van der Waals surface area contributed by atoms with Crippen LogP contribution in [0, 0.1) is 20.8 Å². The van der Waals surface area contributed by atoms with Crippen molar-refractivity contribution in [2.75, 3.05) is 6.54 Å². The smallest absolute Gasteiger partial charge is 0.204 e. The third kappa shape index (κ3) is 3.58. The van der Waals surface area contributed by atoms with Crippen LogP contribution in [0.2, 0.25) is 0 Å². The molecule has 0 spiro atoms. The van der Waals surface area contributed by atoms with Gasteiger partial charge in [-0.1, -0.05) is 13.0 Å². The summed E-state index contributed by atoms with van der Waals surface area (Å²) in [5.74, 6) is 0. The fraction of sp³-hybridized carbons (Fsp3) is 0.412. The van der Waals surface area contributed by atoms with Crippen molar-refractivity contribution in [3.05, 3.63) is 57.0 Å². The van der Waals surface area contributed by atoms with Crippen LogP contribution < -0.4 is 10.7 Å². The summed E-state index contributed by atoms with van der Waals surface area (Å²) in [6, 6.07) is 7.88. The molecule has 1 heterocycles. The van der Waals surface area contributed by atoms with Gasteiger partial charge in [-0.3, -0.25) is 4.79 Å². The van der Waals surface area contributed by atoms with Crippen molar-refractivity contribution in [3.63, 3.8) is 0 Å². The Morgan fingerprint density at radius 3 is 2.57 bits per heavy atom. The molecule has 4 heteroatoms. The number of hydrogen-bond acceptors (Lipinski definition) is 3. The second-order valence-electron chi connectivity index (χ2n) is 5.45. The summed E-state index contributed by atoms with van der Waals surface area (Å²) in [7, 11) is 0. The number of nitrogens with zero attached hydrogens (tertiary/aromatic N) is 2. The molecule has 2 rings (SSSR count). The van der Waals surface area contributed by atoms with Crippen molar-refractivity contribution >= 4 is 0 Å². The van der Waals surface area contributed by atoms with Gasteiger partial charge in [0.15, 0.2) is 0 Å². The zero-order valence-corrected chi connectivity index (χ0v) is 13.2. The minimum Gasteiger partial charge on any atom is -0.311 e. The number of benzene rings is 1. The highest BCUT2D eigenvalue weighted by molar-refractivity contribution is 5.40. The molecule has 2 aromatic rings. The van der Waals surface area contributed by atoms with Gasteiger partial charge < -0.3 is 5.32 Å². The van der Waals surface area contributed by atoms with Crippen molar-refractivity contribution < 1.29 is 0 Å². The van der Waals surface area contributed by atoms with Crippen LogP contribution in [-0.2, 0) is 6.54 Å². The molecule has 0 aliphatic rings. The lowest BCUT2D eigenvalue weighted by molar-refractivity contribution is 0.636. The predicted octanol–water partition coefficient (Wildman–Crippen LogP) is 2.66. The maximum Gasteiger partial charge on any atom is 0.204 e. The first kappa shape index (κ1) is 15.4. The average Bonchev–Trinajstić information content (AvgIpc) is 2.44. The summed E-state index contributed by atoms with van der Waals surface area (Å²) in [5, 5.41) is 7.76. The van der Waals surface area contributed by atoms with Gasteiger partial charge >= 0.3 is 0 Å². The molecule has 0 aliphatic heterocycles. The SMILES string of the molecule is CCCNCc1nn(-c2ccc(C)c(C)c2)c(C)cc1=O. The van der Waals surface area contributed by atoms with Gasteiger partial charge in [0, 0.05) is 18.3 Å². The van der Waals surface area contributed by atoms with E-state index in [9.17, 15) is 4.79 Å².